The molecule has 0 saturated carbocycles. The summed E-state index contributed by atoms with van der Waals surface area (Å²) in [6.07, 6.45) is 2.50. The molecule has 0 bridgehead atoms. The van der Waals surface area contributed by atoms with Gasteiger partial charge in [0.15, 0.2) is 0 Å². The lowest BCUT2D eigenvalue weighted by Gasteiger charge is -2.17. The number of hydrogen-bond acceptors (Lipinski definition) is 11. The molecule has 1 aromatic heterocycles. The number of benzene rings is 1. The summed E-state index contributed by atoms with van der Waals surface area (Å²) in [4.78, 5) is 27.7. The zero-order chi connectivity index (χ0) is 24.7. The van der Waals surface area contributed by atoms with E-state index in [0.717, 1.165) is 37.2 Å². The number of nitrogens with one attached hydrogen (secondary N) is 3. The van der Waals surface area contributed by atoms with Crippen molar-refractivity contribution in [3.05, 3.63) is 29.8 Å². The molecule has 6 N–H and O–H groups in total. The Morgan fingerprint density at radius 1 is 0.971 bits per heavy atom. The SMILES string of the molecule is NCCOCCOCCNC(=O)Cc1ccc(Nc2nc(NCCO)nc(N3CCCC3)n2)cc1. The summed E-state index contributed by atoms with van der Waals surface area (Å²) in [5.74, 6) is 1.38. The smallest absolute Gasteiger partial charge is 0.233 e. The van der Waals surface area contributed by atoms with Gasteiger partial charge in [0, 0.05) is 38.4 Å². The first-order valence-electron chi connectivity index (χ1n) is 12.0. The van der Waals surface area contributed by atoms with Crippen LogP contribution in [0.4, 0.5) is 23.5 Å². The van der Waals surface area contributed by atoms with Gasteiger partial charge in [-0.1, -0.05) is 12.1 Å². The Balaban J connectivity index is 1.47. The highest BCUT2D eigenvalue weighted by molar-refractivity contribution is 5.78. The summed E-state index contributed by atoms with van der Waals surface area (Å²) in [5, 5.41) is 18.2. The van der Waals surface area contributed by atoms with Gasteiger partial charge in [-0.2, -0.15) is 15.0 Å². The fourth-order valence-electron chi connectivity index (χ4n) is 3.48. The molecule has 12 nitrogen and oxygen atoms in total. The Kier molecular flexibility index (Phi) is 11.4. The number of aliphatic hydroxyl groups is 1. The number of carbonyl (C=O) groups excluding carboxylic acids is 1. The first-order chi connectivity index (χ1) is 17.2. The van der Waals surface area contributed by atoms with Crippen molar-refractivity contribution in [1.82, 2.24) is 20.3 Å². The van der Waals surface area contributed by atoms with Crippen molar-refractivity contribution >= 4 is 29.4 Å². The second kappa shape index (κ2) is 15.0. The molecule has 1 amide bonds. The van der Waals surface area contributed by atoms with Gasteiger partial charge in [-0.05, 0) is 30.5 Å². The maximum Gasteiger partial charge on any atom is 0.233 e. The zero-order valence-corrected chi connectivity index (χ0v) is 20.0. The average Bonchev–Trinajstić information content (AvgIpc) is 3.41. The summed E-state index contributed by atoms with van der Waals surface area (Å²) in [6.45, 7) is 5.03. The lowest BCUT2D eigenvalue weighted by Crippen LogP contribution is -2.29. The maximum atomic E-state index is 12.2. The van der Waals surface area contributed by atoms with Crippen molar-refractivity contribution < 1.29 is 19.4 Å². The van der Waals surface area contributed by atoms with Crippen LogP contribution in [0.2, 0.25) is 0 Å². The van der Waals surface area contributed by atoms with Crippen molar-refractivity contribution in [2.45, 2.75) is 19.3 Å². The lowest BCUT2D eigenvalue weighted by atomic mass is 10.1. The molecule has 0 atom stereocenters. The number of hydrogen-bond donors (Lipinski definition) is 5. The molecule has 1 fully saturated rings. The van der Waals surface area contributed by atoms with E-state index in [4.69, 9.17) is 20.3 Å². The fraction of sp³-hybridized carbons (Fsp3) is 0.565. The zero-order valence-electron chi connectivity index (χ0n) is 20.0. The molecule has 2 heterocycles. The average molecular weight is 489 g/mol. The minimum absolute atomic E-state index is 0.0141. The van der Waals surface area contributed by atoms with Crippen LogP contribution >= 0.6 is 0 Å². The van der Waals surface area contributed by atoms with E-state index in [2.05, 4.69) is 35.8 Å². The fourth-order valence-corrected chi connectivity index (χ4v) is 3.48. The van der Waals surface area contributed by atoms with Crippen molar-refractivity contribution in [2.75, 3.05) is 81.3 Å². The van der Waals surface area contributed by atoms with E-state index in [1.165, 1.54) is 0 Å². The van der Waals surface area contributed by atoms with Gasteiger partial charge in [-0.15, -0.1) is 0 Å². The Bertz CT molecular complexity index is 894. The third-order valence-electron chi connectivity index (χ3n) is 5.18. The Hall–Kier alpha value is -3.06. The van der Waals surface area contributed by atoms with Gasteiger partial charge in [0.2, 0.25) is 23.8 Å². The van der Waals surface area contributed by atoms with E-state index in [-0.39, 0.29) is 18.9 Å². The molecule has 1 saturated heterocycles. The van der Waals surface area contributed by atoms with E-state index in [9.17, 15) is 4.79 Å². The van der Waals surface area contributed by atoms with Crippen molar-refractivity contribution in [1.29, 1.82) is 0 Å². The van der Waals surface area contributed by atoms with Crippen molar-refractivity contribution in [3.8, 4) is 0 Å². The minimum Gasteiger partial charge on any atom is -0.395 e. The van der Waals surface area contributed by atoms with E-state index >= 15 is 0 Å². The van der Waals surface area contributed by atoms with E-state index in [0.29, 0.717) is 63.9 Å². The van der Waals surface area contributed by atoms with Gasteiger partial charge in [-0.25, -0.2) is 0 Å². The third-order valence-corrected chi connectivity index (χ3v) is 5.18. The van der Waals surface area contributed by atoms with Gasteiger partial charge < -0.3 is 41.2 Å². The summed E-state index contributed by atoms with van der Waals surface area (Å²) in [6, 6.07) is 7.54. The number of aliphatic hydroxyl groups excluding tert-OH is 1. The molecule has 0 unspecified atom stereocenters. The predicted molar refractivity (Wildman–Crippen MR) is 134 cm³/mol. The number of anilines is 4. The van der Waals surface area contributed by atoms with Crippen LogP contribution in [0.15, 0.2) is 24.3 Å². The van der Waals surface area contributed by atoms with Gasteiger partial charge >= 0.3 is 0 Å². The quantitative estimate of drug-likeness (QED) is 0.206. The Morgan fingerprint density at radius 2 is 1.69 bits per heavy atom. The highest BCUT2D eigenvalue weighted by atomic mass is 16.5. The second-order valence-corrected chi connectivity index (χ2v) is 7.99. The molecule has 0 aliphatic carbocycles. The van der Waals surface area contributed by atoms with Crippen LogP contribution in [0.5, 0.6) is 0 Å². The molecule has 192 valence electrons. The van der Waals surface area contributed by atoms with Gasteiger partial charge in [0.1, 0.15) is 0 Å². The number of rotatable bonds is 16. The van der Waals surface area contributed by atoms with Crippen LogP contribution in [0.3, 0.4) is 0 Å². The minimum atomic E-state index is -0.0685. The number of carbonyl (C=O) groups is 1. The molecule has 1 aromatic carbocycles. The Labute approximate surface area is 205 Å². The van der Waals surface area contributed by atoms with E-state index in [1.807, 2.05) is 24.3 Å². The van der Waals surface area contributed by atoms with Crippen LogP contribution in [-0.4, -0.2) is 91.7 Å². The van der Waals surface area contributed by atoms with Crippen LogP contribution in [0.25, 0.3) is 0 Å². The molecular formula is C23H36N8O4. The standard InChI is InChI=1S/C23H36N8O4/c24-7-13-34-15-16-35-14-9-25-20(33)17-18-3-5-19(6-4-18)27-22-28-21(26-8-12-32)29-23(30-22)31-10-1-2-11-31/h3-6,32H,1-2,7-17,24H2,(H,25,33)(H2,26,27,28,29,30). The summed E-state index contributed by atoms with van der Waals surface area (Å²) < 4.78 is 10.6. The van der Waals surface area contributed by atoms with Crippen LogP contribution in [0.1, 0.15) is 18.4 Å². The predicted octanol–water partition coefficient (Wildman–Crippen LogP) is 0.270. The molecule has 0 spiro atoms. The van der Waals surface area contributed by atoms with Gasteiger partial charge in [0.05, 0.1) is 39.5 Å². The molecule has 0 radical (unpaired) electrons. The molecule has 1 aliphatic heterocycles. The molecule has 2 aromatic rings. The number of nitrogens with two attached hydrogens (primary N) is 1. The maximum absolute atomic E-state index is 12.2. The summed E-state index contributed by atoms with van der Waals surface area (Å²) in [7, 11) is 0. The number of amides is 1. The van der Waals surface area contributed by atoms with Crippen LogP contribution in [0, 0.1) is 0 Å². The number of aromatic nitrogens is 3. The largest absolute Gasteiger partial charge is 0.395 e. The van der Waals surface area contributed by atoms with Crippen molar-refractivity contribution in [3.63, 3.8) is 0 Å². The molecule has 3 rings (SSSR count). The van der Waals surface area contributed by atoms with Crippen LogP contribution in [-0.2, 0) is 20.7 Å². The molecule has 1 aliphatic rings. The molecule has 35 heavy (non-hydrogen) atoms. The Morgan fingerprint density at radius 3 is 2.40 bits per heavy atom. The molecule has 12 heteroatoms. The highest BCUT2D eigenvalue weighted by Crippen LogP contribution is 2.21. The van der Waals surface area contributed by atoms with E-state index in [1.54, 1.807) is 0 Å². The number of ether oxygens (including phenoxy) is 2. The monoisotopic (exact) mass is 488 g/mol. The highest BCUT2D eigenvalue weighted by Gasteiger charge is 2.17. The molecular weight excluding hydrogens is 452 g/mol. The van der Waals surface area contributed by atoms with Crippen LogP contribution < -0.4 is 26.6 Å². The summed E-state index contributed by atoms with van der Waals surface area (Å²) >= 11 is 0. The van der Waals surface area contributed by atoms with Gasteiger partial charge in [-0.3, -0.25) is 4.79 Å². The summed E-state index contributed by atoms with van der Waals surface area (Å²) in [5.41, 5.74) is 7.03. The lowest BCUT2D eigenvalue weighted by molar-refractivity contribution is -0.120. The normalized spacial score (nSPS) is 13.1. The third kappa shape index (κ3) is 9.61. The van der Waals surface area contributed by atoms with Crippen molar-refractivity contribution in [2.24, 2.45) is 5.73 Å². The first kappa shape index (κ1) is 26.5. The topological polar surface area (TPSA) is 160 Å². The number of nitrogens with zero attached hydrogens (tertiary/aromatic N) is 4. The second-order valence-electron chi connectivity index (χ2n) is 7.99. The van der Waals surface area contributed by atoms with E-state index < -0.39 is 0 Å². The van der Waals surface area contributed by atoms with Gasteiger partial charge in [0.25, 0.3) is 0 Å². The first-order valence-corrected chi connectivity index (χ1v) is 12.0.